The lowest BCUT2D eigenvalue weighted by atomic mass is 10.0. The van der Waals surface area contributed by atoms with E-state index in [9.17, 15) is 4.79 Å². The van der Waals surface area contributed by atoms with Crippen LogP contribution < -0.4 is 9.47 Å². The van der Waals surface area contributed by atoms with Gasteiger partial charge in [0.1, 0.15) is 6.10 Å². The molecular weight excluding hydrogens is 280 g/mol. The molecule has 2 aliphatic heterocycles. The SMILES string of the molecule is CC1CCC(C(=O)c2cc3c(cc2Cl)OCCCO3)O1. The first kappa shape index (κ1) is 13.7. The second kappa shape index (κ2) is 5.62. The number of carbonyl (C=O) groups excluding carboxylic acids is 1. The van der Waals surface area contributed by atoms with Crippen molar-refractivity contribution in [3.05, 3.63) is 22.7 Å². The van der Waals surface area contributed by atoms with Crippen molar-refractivity contribution >= 4 is 17.4 Å². The molecule has 1 aromatic rings. The van der Waals surface area contributed by atoms with E-state index in [0.717, 1.165) is 19.3 Å². The Balaban J connectivity index is 1.89. The Morgan fingerprint density at radius 1 is 1.20 bits per heavy atom. The number of hydrogen-bond donors (Lipinski definition) is 0. The fourth-order valence-corrected chi connectivity index (χ4v) is 2.79. The van der Waals surface area contributed by atoms with Gasteiger partial charge in [0.15, 0.2) is 17.3 Å². The van der Waals surface area contributed by atoms with Crippen LogP contribution in [0.2, 0.25) is 5.02 Å². The number of rotatable bonds is 2. The van der Waals surface area contributed by atoms with Gasteiger partial charge in [0.2, 0.25) is 0 Å². The summed E-state index contributed by atoms with van der Waals surface area (Å²) in [5.41, 5.74) is 0.454. The lowest BCUT2D eigenvalue weighted by Crippen LogP contribution is -2.21. The van der Waals surface area contributed by atoms with Crippen molar-refractivity contribution in [2.45, 2.75) is 38.4 Å². The Hall–Kier alpha value is -1.26. The van der Waals surface area contributed by atoms with E-state index in [-0.39, 0.29) is 11.9 Å². The number of halogens is 1. The molecular formula is C15H17ClO4. The zero-order valence-corrected chi connectivity index (χ0v) is 12.1. The highest BCUT2D eigenvalue weighted by Crippen LogP contribution is 2.36. The Morgan fingerprint density at radius 2 is 1.90 bits per heavy atom. The molecule has 0 aliphatic carbocycles. The number of ketones is 1. The highest BCUT2D eigenvalue weighted by molar-refractivity contribution is 6.34. The standard InChI is InChI=1S/C15H17ClO4/c1-9-3-4-12(20-9)15(17)10-7-13-14(8-11(10)16)19-6-2-5-18-13/h7-9,12H,2-6H2,1H3. The average Bonchev–Trinajstić information content (AvgIpc) is 2.73. The van der Waals surface area contributed by atoms with Gasteiger partial charge in [-0.15, -0.1) is 0 Å². The van der Waals surface area contributed by atoms with E-state index in [0.29, 0.717) is 35.3 Å². The van der Waals surface area contributed by atoms with Crippen LogP contribution in [0.25, 0.3) is 0 Å². The van der Waals surface area contributed by atoms with Crippen molar-refractivity contribution in [2.75, 3.05) is 13.2 Å². The highest BCUT2D eigenvalue weighted by Gasteiger charge is 2.31. The third-order valence-electron chi connectivity index (χ3n) is 3.63. The topological polar surface area (TPSA) is 44.8 Å². The normalized spacial score (nSPS) is 25.3. The molecule has 0 N–H and O–H groups in total. The second-order valence-electron chi connectivity index (χ2n) is 5.21. The second-order valence-corrected chi connectivity index (χ2v) is 5.61. The van der Waals surface area contributed by atoms with Gasteiger partial charge in [-0.2, -0.15) is 0 Å². The number of fused-ring (bicyclic) bond motifs is 1. The monoisotopic (exact) mass is 296 g/mol. The van der Waals surface area contributed by atoms with E-state index in [2.05, 4.69) is 0 Å². The van der Waals surface area contributed by atoms with Crippen LogP contribution >= 0.6 is 11.6 Å². The molecule has 0 aromatic heterocycles. The summed E-state index contributed by atoms with van der Waals surface area (Å²) in [6.45, 7) is 3.15. The smallest absolute Gasteiger partial charge is 0.193 e. The molecule has 3 rings (SSSR count). The molecule has 2 aliphatic rings. The summed E-state index contributed by atoms with van der Waals surface area (Å²) in [6.07, 6.45) is 2.19. The molecule has 5 heteroatoms. The van der Waals surface area contributed by atoms with Crippen LogP contribution in [0.3, 0.4) is 0 Å². The summed E-state index contributed by atoms with van der Waals surface area (Å²) in [5.74, 6) is 1.11. The number of ether oxygens (including phenoxy) is 3. The lowest BCUT2D eigenvalue weighted by Gasteiger charge is -2.14. The highest BCUT2D eigenvalue weighted by atomic mass is 35.5. The number of carbonyl (C=O) groups is 1. The van der Waals surface area contributed by atoms with Crippen molar-refractivity contribution in [3.8, 4) is 11.5 Å². The minimum Gasteiger partial charge on any atom is -0.490 e. The quantitative estimate of drug-likeness (QED) is 0.786. The number of hydrogen-bond acceptors (Lipinski definition) is 4. The van der Waals surface area contributed by atoms with Crippen LogP contribution in [0.5, 0.6) is 11.5 Å². The molecule has 1 saturated heterocycles. The van der Waals surface area contributed by atoms with Crippen molar-refractivity contribution in [1.29, 1.82) is 0 Å². The molecule has 2 unspecified atom stereocenters. The van der Waals surface area contributed by atoms with Gasteiger partial charge in [0, 0.05) is 18.1 Å². The van der Waals surface area contributed by atoms with E-state index >= 15 is 0 Å². The molecule has 0 bridgehead atoms. The minimum atomic E-state index is -0.396. The van der Waals surface area contributed by atoms with Gasteiger partial charge in [-0.3, -0.25) is 4.79 Å². The molecule has 2 atom stereocenters. The van der Waals surface area contributed by atoms with Gasteiger partial charge in [-0.1, -0.05) is 11.6 Å². The van der Waals surface area contributed by atoms with Crippen molar-refractivity contribution in [2.24, 2.45) is 0 Å². The van der Waals surface area contributed by atoms with Crippen LogP contribution in [0.15, 0.2) is 12.1 Å². The van der Waals surface area contributed by atoms with Gasteiger partial charge >= 0.3 is 0 Å². The Bertz CT molecular complexity index is 529. The molecule has 1 fully saturated rings. The van der Waals surface area contributed by atoms with Gasteiger partial charge in [0.25, 0.3) is 0 Å². The predicted molar refractivity (Wildman–Crippen MR) is 75.0 cm³/mol. The first-order chi connectivity index (χ1) is 9.65. The van der Waals surface area contributed by atoms with Crippen molar-refractivity contribution < 1.29 is 19.0 Å². The van der Waals surface area contributed by atoms with E-state index in [1.165, 1.54) is 0 Å². The van der Waals surface area contributed by atoms with Gasteiger partial charge in [0.05, 0.1) is 24.3 Å². The zero-order valence-electron chi connectivity index (χ0n) is 11.4. The van der Waals surface area contributed by atoms with Crippen LogP contribution in [-0.2, 0) is 4.74 Å². The first-order valence-electron chi connectivity index (χ1n) is 6.94. The Morgan fingerprint density at radius 3 is 2.55 bits per heavy atom. The van der Waals surface area contributed by atoms with Gasteiger partial charge < -0.3 is 14.2 Å². The summed E-state index contributed by atoms with van der Waals surface area (Å²) in [4.78, 5) is 12.5. The van der Waals surface area contributed by atoms with Crippen molar-refractivity contribution in [3.63, 3.8) is 0 Å². The molecule has 0 radical (unpaired) electrons. The molecule has 0 saturated carbocycles. The molecule has 1 aromatic carbocycles. The average molecular weight is 297 g/mol. The fourth-order valence-electron chi connectivity index (χ4n) is 2.54. The maximum Gasteiger partial charge on any atom is 0.193 e. The molecule has 4 nitrogen and oxygen atoms in total. The van der Waals surface area contributed by atoms with Crippen LogP contribution in [0, 0.1) is 0 Å². The maximum atomic E-state index is 12.5. The van der Waals surface area contributed by atoms with E-state index in [4.69, 9.17) is 25.8 Å². The van der Waals surface area contributed by atoms with Crippen LogP contribution in [0.1, 0.15) is 36.5 Å². The zero-order chi connectivity index (χ0) is 14.1. The summed E-state index contributed by atoms with van der Waals surface area (Å²) in [7, 11) is 0. The molecule has 20 heavy (non-hydrogen) atoms. The third-order valence-corrected chi connectivity index (χ3v) is 3.94. The Labute approximate surface area is 123 Å². The van der Waals surface area contributed by atoms with Gasteiger partial charge in [-0.25, -0.2) is 0 Å². The first-order valence-corrected chi connectivity index (χ1v) is 7.32. The van der Waals surface area contributed by atoms with Crippen LogP contribution in [0.4, 0.5) is 0 Å². The van der Waals surface area contributed by atoms with E-state index in [1.54, 1.807) is 12.1 Å². The minimum absolute atomic E-state index is 0.0741. The molecule has 2 heterocycles. The van der Waals surface area contributed by atoms with Crippen molar-refractivity contribution in [1.82, 2.24) is 0 Å². The molecule has 0 amide bonds. The molecule has 108 valence electrons. The van der Waals surface area contributed by atoms with Crippen LogP contribution in [-0.4, -0.2) is 31.2 Å². The lowest BCUT2D eigenvalue weighted by molar-refractivity contribution is 0.0433. The summed E-state index contributed by atoms with van der Waals surface area (Å²) in [5, 5.41) is 0.391. The number of Topliss-reactive ketones (excluding diaryl/α,β-unsaturated/α-hetero) is 1. The third kappa shape index (κ3) is 2.63. The molecule has 0 spiro atoms. The van der Waals surface area contributed by atoms with Gasteiger partial charge in [-0.05, 0) is 25.8 Å². The van der Waals surface area contributed by atoms with E-state index in [1.807, 2.05) is 6.92 Å². The number of benzene rings is 1. The fraction of sp³-hybridized carbons (Fsp3) is 0.533. The van der Waals surface area contributed by atoms with E-state index < -0.39 is 6.10 Å². The largest absolute Gasteiger partial charge is 0.490 e. The predicted octanol–water partition coefficient (Wildman–Crippen LogP) is 3.25. The maximum absolute atomic E-state index is 12.5. The Kier molecular flexibility index (Phi) is 3.85. The summed E-state index contributed by atoms with van der Waals surface area (Å²) >= 11 is 6.21. The summed E-state index contributed by atoms with van der Waals surface area (Å²) in [6, 6.07) is 3.34. The summed E-state index contributed by atoms with van der Waals surface area (Å²) < 4.78 is 16.8.